The molecule has 0 heterocycles. The maximum Gasteiger partial charge on any atom is 0.306 e. The number of rotatable bonds is 4. The van der Waals surface area contributed by atoms with Gasteiger partial charge in [-0.15, -0.1) is 11.6 Å². The van der Waals surface area contributed by atoms with E-state index in [2.05, 4.69) is 0 Å². The van der Waals surface area contributed by atoms with Gasteiger partial charge in [-0.3, -0.25) is 14.4 Å². The Morgan fingerprint density at radius 2 is 2.00 bits per heavy atom. The van der Waals surface area contributed by atoms with E-state index in [1.165, 1.54) is 12.2 Å². The number of aliphatic hydroxyl groups is 1. The molecule has 0 bridgehead atoms. The zero-order valence-corrected chi connectivity index (χ0v) is 19.9. The molecule has 0 amide bonds. The molecule has 0 aromatic carbocycles. The summed E-state index contributed by atoms with van der Waals surface area (Å²) in [6.45, 7) is 7.13. The van der Waals surface area contributed by atoms with Crippen LogP contribution in [0, 0.1) is 28.6 Å². The number of fused-ring (bicyclic) bond motifs is 5. The van der Waals surface area contributed by atoms with Crippen molar-refractivity contribution in [3.05, 3.63) is 23.8 Å². The highest BCUT2D eigenvalue weighted by Gasteiger charge is 2.77. The number of halogens is 2. The first-order chi connectivity index (χ1) is 14.9. The Bertz CT molecular complexity index is 929. The fourth-order valence-electron chi connectivity index (χ4n) is 7.75. The zero-order valence-electron chi connectivity index (χ0n) is 19.1. The molecule has 0 saturated heterocycles. The summed E-state index contributed by atoms with van der Waals surface area (Å²) in [5, 5.41) is 11.4. The second-order valence-corrected chi connectivity index (χ2v) is 10.8. The van der Waals surface area contributed by atoms with Crippen molar-refractivity contribution in [1.29, 1.82) is 0 Å². The highest BCUT2D eigenvalue weighted by Crippen LogP contribution is 2.71. The third-order valence-corrected chi connectivity index (χ3v) is 9.52. The summed E-state index contributed by atoms with van der Waals surface area (Å²) in [7, 11) is 0. The van der Waals surface area contributed by atoms with Crippen LogP contribution in [0.1, 0.15) is 59.8 Å². The quantitative estimate of drug-likeness (QED) is 0.498. The summed E-state index contributed by atoms with van der Waals surface area (Å²) in [4.78, 5) is 37.7. The van der Waals surface area contributed by atoms with Gasteiger partial charge in [0.1, 0.15) is 0 Å². The topological polar surface area (TPSA) is 80.7 Å². The van der Waals surface area contributed by atoms with Gasteiger partial charge in [0, 0.05) is 29.1 Å². The van der Waals surface area contributed by atoms with E-state index in [9.17, 15) is 19.5 Å². The molecule has 5 nitrogen and oxygen atoms in total. The van der Waals surface area contributed by atoms with E-state index in [0.29, 0.717) is 24.8 Å². The summed E-state index contributed by atoms with van der Waals surface area (Å²) in [5.74, 6) is -2.57. The van der Waals surface area contributed by atoms with Gasteiger partial charge in [-0.1, -0.05) is 32.4 Å². The van der Waals surface area contributed by atoms with Crippen molar-refractivity contribution in [2.24, 2.45) is 28.6 Å². The molecule has 4 aliphatic carbocycles. The number of hydrogen-bond donors (Lipinski definition) is 1. The Morgan fingerprint density at radius 1 is 1.31 bits per heavy atom. The average molecular weight is 467 g/mol. The molecule has 1 unspecified atom stereocenters. The number of esters is 1. The average Bonchev–Trinajstić information content (AvgIpc) is 2.96. The summed E-state index contributed by atoms with van der Waals surface area (Å²) in [5.41, 5.74) is -4.83. The van der Waals surface area contributed by atoms with Gasteiger partial charge in [0.05, 0.1) is 12.0 Å². The molecule has 176 valence electrons. The fraction of sp³-hybridized carbons (Fsp3) is 0.720. The van der Waals surface area contributed by atoms with E-state index in [4.69, 9.17) is 16.3 Å². The highest BCUT2D eigenvalue weighted by atomic mass is 35.5. The number of carbonyl (C=O) groups excluding carboxylic acids is 3. The number of alkyl halides is 2. The maximum atomic E-state index is 17.2. The van der Waals surface area contributed by atoms with Crippen LogP contribution in [0.5, 0.6) is 0 Å². The number of hydrogen-bond acceptors (Lipinski definition) is 5. The van der Waals surface area contributed by atoms with Gasteiger partial charge < -0.3 is 9.84 Å². The standard InChI is InChI=1S/C25H32ClFO5/c1-5-21(31)32-25(20(30)13-26)14(2)10-18-17-7-6-15-11-16(28)8-9-22(15,3)24(17,27)19(29)12-23(18,25)4/h8-9,11,14,17-19,29H,5-7,10,12-13H2,1-4H3/t14-,17-,18-,19-,22-,23?,24-,25-/m0/s1. The Labute approximate surface area is 193 Å². The van der Waals surface area contributed by atoms with E-state index in [1.54, 1.807) is 19.9 Å². The monoisotopic (exact) mass is 466 g/mol. The van der Waals surface area contributed by atoms with E-state index in [1.807, 2.05) is 13.8 Å². The molecule has 0 aliphatic heterocycles. The van der Waals surface area contributed by atoms with Crippen molar-refractivity contribution in [2.45, 2.75) is 77.2 Å². The number of allylic oxidation sites excluding steroid dienone is 4. The Balaban J connectivity index is 1.85. The molecule has 1 N–H and O–H groups in total. The van der Waals surface area contributed by atoms with Crippen LogP contribution < -0.4 is 0 Å². The largest absolute Gasteiger partial charge is 0.450 e. The molecule has 0 spiro atoms. The van der Waals surface area contributed by atoms with E-state index in [-0.39, 0.29) is 42.1 Å². The van der Waals surface area contributed by atoms with Gasteiger partial charge >= 0.3 is 5.97 Å². The fourth-order valence-corrected chi connectivity index (χ4v) is 7.95. The molecule has 8 atom stereocenters. The first-order valence-corrected chi connectivity index (χ1v) is 12.1. The Hall–Kier alpha value is -1.53. The van der Waals surface area contributed by atoms with Crippen LogP contribution in [-0.4, -0.2) is 45.9 Å². The molecule has 4 rings (SSSR count). The van der Waals surface area contributed by atoms with Gasteiger partial charge in [-0.2, -0.15) is 0 Å². The van der Waals surface area contributed by atoms with Crippen LogP contribution in [0.15, 0.2) is 23.8 Å². The van der Waals surface area contributed by atoms with Gasteiger partial charge in [0.25, 0.3) is 0 Å². The van der Waals surface area contributed by atoms with Crippen LogP contribution in [-0.2, 0) is 19.1 Å². The van der Waals surface area contributed by atoms with Gasteiger partial charge in [-0.05, 0) is 50.7 Å². The number of ketones is 2. The van der Waals surface area contributed by atoms with E-state index < -0.39 is 40.1 Å². The zero-order chi connectivity index (χ0) is 23.7. The molecular weight excluding hydrogens is 435 g/mol. The smallest absolute Gasteiger partial charge is 0.306 e. The van der Waals surface area contributed by atoms with Crippen molar-refractivity contribution in [3.8, 4) is 0 Å². The van der Waals surface area contributed by atoms with Gasteiger partial charge in [0.2, 0.25) is 0 Å². The van der Waals surface area contributed by atoms with E-state index in [0.717, 1.165) is 0 Å². The molecule has 3 saturated carbocycles. The van der Waals surface area contributed by atoms with Crippen molar-refractivity contribution >= 4 is 29.1 Å². The highest BCUT2D eigenvalue weighted by molar-refractivity contribution is 6.29. The molecule has 0 aromatic heterocycles. The van der Waals surface area contributed by atoms with Crippen molar-refractivity contribution < 1.29 is 28.6 Å². The lowest BCUT2D eigenvalue weighted by Crippen LogP contribution is -2.70. The number of carbonyl (C=O) groups is 3. The molecule has 3 fully saturated rings. The van der Waals surface area contributed by atoms with Crippen LogP contribution >= 0.6 is 11.6 Å². The summed E-state index contributed by atoms with van der Waals surface area (Å²) >= 11 is 6.01. The maximum absolute atomic E-state index is 17.2. The lowest BCUT2D eigenvalue weighted by Gasteiger charge is -2.62. The molecule has 0 radical (unpaired) electrons. The minimum absolute atomic E-state index is 0.0285. The van der Waals surface area contributed by atoms with E-state index >= 15 is 4.39 Å². The number of ether oxygens (including phenoxy) is 1. The van der Waals surface area contributed by atoms with Crippen LogP contribution in [0.25, 0.3) is 0 Å². The van der Waals surface area contributed by atoms with Gasteiger partial charge in [-0.25, -0.2) is 4.39 Å². The lowest BCUT2D eigenvalue weighted by atomic mass is 9.44. The summed E-state index contributed by atoms with van der Waals surface area (Å²) in [6, 6.07) is 0. The summed E-state index contributed by atoms with van der Waals surface area (Å²) in [6.07, 6.45) is 4.67. The van der Waals surface area contributed by atoms with Crippen molar-refractivity contribution in [1.82, 2.24) is 0 Å². The second-order valence-electron chi connectivity index (χ2n) is 10.5. The Kier molecular flexibility index (Phi) is 5.53. The lowest BCUT2D eigenvalue weighted by molar-refractivity contribution is -0.227. The minimum Gasteiger partial charge on any atom is -0.450 e. The predicted octanol–water partition coefficient (Wildman–Crippen LogP) is 4.10. The van der Waals surface area contributed by atoms with Crippen molar-refractivity contribution in [2.75, 3.05) is 5.88 Å². The third kappa shape index (κ3) is 2.68. The molecule has 0 aromatic rings. The first-order valence-electron chi connectivity index (χ1n) is 11.5. The first kappa shape index (κ1) is 23.6. The molecule has 7 heteroatoms. The minimum atomic E-state index is -1.99. The normalized spacial score (nSPS) is 47.2. The van der Waals surface area contributed by atoms with Crippen molar-refractivity contribution in [3.63, 3.8) is 0 Å². The number of Topliss-reactive ketones (excluding diaryl/α,β-unsaturated/α-hetero) is 1. The Morgan fingerprint density at radius 3 is 2.62 bits per heavy atom. The van der Waals surface area contributed by atoms with Crippen LogP contribution in [0.2, 0.25) is 0 Å². The molecular formula is C25H32ClFO5. The molecule has 32 heavy (non-hydrogen) atoms. The van der Waals surface area contributed by atoms with Gasteiger partial charge in [0.15, 0.2) is 22.8 Å². The summed E-state index contributed by atoms with van der Waals surface area (Å²) < 4.78 is 23.1. The molecule has 4 aliphatic rings. The van der Waals surface area contributed by atoms with Crippen LogP contribution in [0.3, 0.4) is 0 Å². The predicted molar refractivity (Wildman–Crippen MR) is 118 cm³/mol. The van der Waals surface area contributed by atoms with Crippen LogP contribution in [0.4, 0.5) is 4.39 Å². The number of aliphatic hydroxyl groups excluding tert-OH is 1. The SMILES string of the molecule is CCC(=O)O[C@]1(C(=O)CCl)[C@@H](C)C[C@H]2[C@@H]3CCC4=CC(=O)C=C[C@]4(C)[C@@]3(F)[C@@H](O)CC21C. The second kappa shape index (κ2) is 7.49. The third-order valence-electron chi connectivity index (χ3n) is 9.28.